The van der Waals surface area contributed by atoms with Gasteiger partial charge >= 0.3 is 5.97 Å². The first-order valence-corrected chi connectivity index (χ1v) is 8.04. The highest BCUT2D eigenvalue weighted by Crippen LogP contribution is 2.53. The molecular weight excluding hydrogens is 338 g/mol. The van der Waals surface area contributed by atoms with E-state index >= 15 is 0 Å². The number of esters is 1. The van der Waals surface area contributed by atoms with Crippen molar-refractivity contribution in [1.82, 2.24) is 5.43 Å². The quantitative estimate of drug-likeness (QED) is 0.639. The molecule has 0 aromatic heterocycles. The number of fused-ring (bicyclic) bond motifs is 4. The van der Waals surface area contributed by atoms with Crippen LogP contribution in [0.2, 0.25) is 0 Å². The van der Waals surface area contributed by atoms with Crippen molar-refractivity contribution in [3.05, 3.63) is 41.3 Å². The fraction of sp³-hybridized carbons (Fsp3) is 0.294. The molecule has 3 atom stereocenters. The second kappa shape index (κ2) is 5.49. The number of nitrogens with zero attached hydrogens (tertiary/aromatic N) is 2. The van der Waals surface area contributed by atoms with Crippen molar-refractivity contribution >= 4 is 23.5 Å². The van der Waals surface area contributed by atoms with Crippen molar-refractivity contribution in [3.8, 4) is 6.07 Å². The first-order valence-electron chi connectivity index (χ1n) is 8.04. The third-order valence-corrected chi connectivity index (χ3v) is 4.85. The summed E-state index contributed by atoms with van der Waals surface area (Å²) < 4.78 is 10.6. The molecule has 132 valence electrons. The number of carbonyl (C=O) groups is 2. The van der Waals surface area contributed by atoms with Gasteiger partial charge in [-0.2, -0.15) is 5.26 Å². The van der Waals surface area contributed by atoms with Crippen molar-refractivity contribution in [3.63, 3.8) is 0 Å². The molecule has 4 N–H and O–H groups in total. The van der Waals surface area contributed by atoms with Gasteiger partial charge in [-0.15, -0.1) is 5.10 Å². The van der Waals surface area contributed by atoms with Gasteiger partial charge < -0.3 is 20.5 Å². The van der Waals surface area contributed by atoms with Gasteiger partial charge in [0.05, 0.1) is 12.5 Å². The van der Waals surface area contributed by atoms with Crippen LogP contribution in [-0.2, 0) is 24.5 Å². The van der Waals surface area contributed by atoms with Gasteiger partial charge in [0, 0.05) is 5.69 Å². The summed E-state index contributed by atoms with van der Waals surface area (Å²) in [6.07, 6.45) is 0. The highest BCUT2D eigenvalue weighted by Gasteiger charge is 2.66. The normalized spacial score (nSPS) is 28.3. The minimum absolute atomic E-state index is 0.0538. The van der Waals surface area contributed by atoms with E-state index in [4.69, 9.17) is 15.2 Å². The topological polar surface area (TPSA) is 139 Å². The second-order valence-electron chi connectivity index (χ2n) is 6.05. The molecule has 1 aromatic carbocycles. The molecule has 1 spiro atoms. The Labute approximate surface area is 148 Å². The lowest BCUT2D eigenvalue weighted by Crippen LogP contribution is -2.57. The number of hydrogen-bond donors (Lipinski definition) is 3. The Hall–Kier alpha value is -3.54. The molecule has 0 radical (unpaired) electrons. The third-order valence-electron chi connectivity index (χ3n) is 4.85. The number of anilines is 1. The van der Waals surface area contributed by atoms with E-state index in [9.17, 15) is 14.9 Å². The van der Waals surface area contributed by atoms with Crippen molar-refractivity contribution in [2.24, 2.45) is 16.8 Å². The van der Waals surface area contributed by atoms with E-state index in [2.05, 4.69) is 15.8 Å². The summed E-state index contributed by atoms with van der Waals surface area (Å²) in [7, 11) is 0. The summed E-state index contributed by atoms with van der Waals surface area (Å²) in [4.78, 5) is 25.6. The van der Waals surface area contributed by atoms with Crippen LogP contribution in [0.3, 0.4) is 0 Å². The van der Waals surface area contributed by atoms with E-state index in [0.717, 1.165) is 0 Å². The Balaban J connectivity index is 1.98. The van der Waals surface area contributed by atoms with Gasteiger partial charge in [-0.05, 0) is 18.6 Å². The number of benzene rings is 1. The zero-order valence-electron chi connectivity index (χ0n) is 13.8. The Morgan fingerprint density at radius 2 is 2.27 bits per heavy atom. The predicted molar refractivity (Wildman–Crippen MR) is 89.1 cm³/mol. The molecular formula is C17H15N5O4. The Kier molecular flexibility index (Phi) is 3.37. The van der Waals surface area contributed by atoms with E-state index in [0.29, 0.717) is 11.3 Å². The third kappa shape index (κ3) is 1.81. The van der Waals surface area contributed by atoms with Crippen LogP contribution < -0.4 is 16.5 Å². The van der Waals surface area contributed by atoms with Gasteiger partial charge in [0.25, 0.3) is 0 Å². The van der Waals surface area contributed by atoms with Crippen LogP contribution >= 0.6 is 0 Å². The average Bonchev–Trinajstić information content (AvgIpc) is 3.16. The zero-order valence-corrected chi connectivity index (χ0v) is 13.8. The van der Waals surface area contributed by atoms with Crippen LogP contribution in [-0.4, -0.2) is 30.4 Å². The Morgan fingerprint density at radius 3 is 3.00 bits per heavy atom. The van der Waals surface area contributed by atoms with Gasteiger partial charge in [-0.1, -0.05) is 18.2 Å². The van der Waals surface area contributed by atoms with Crippen LogP contribution in [0.5, 0.6) is 0 Å². The number of ether oxygens (including phenoxy) is 2. The molecule has 0 saturated heterocycles. The monoisotopic (exact) mass is 353 g/mol. The molecule has 1 amide bonds. The molecule has 9 nitrogen and oxygen atoms in total. The van der Waals surface area contributed by atoms with Crippen LogP contribution in [0, 0.1) is 17.2 Å². The largest absolute Gasteiger partial charge is 0.464 e. The molecule has 3 aliphatic heterocycles. The van der Waals surface area contributed by atoms with Gasteiger partial charge in [-0.25, -0.2) is 4.79 Å². The van der Waals surface area contributed by atoms with E-state index in [-0.39, 0.29) is 24.0 Å². The first-order chi connectivity index (χ1) is 12.6. The standard InChI is InChI=1S/C17H15N5O4/c1-2-25-15(23)12-11-14(22-21-12)26-13(19)9(7-18)17(11)8-5-3-4-6-10(8)20-16(17)24/h3-6,11-12,21H,2,19H2,1H3,(H,20,24). The molecule has 0 fully saturated rings. The fourth-order valence-electron chi connectivity index (χ4n) is 3.86. The summed E-state index contributed by atoms with van der Waals surface area (Å²) in [5.74, 6) is -2.08. The molecule has 0 saturated carbocycles. The van der Waals surface area contributed by atoms with Gasteiger partial charge in [0.15, 0.2) is 6.04 Å². The number of para-hydroxylation sites is 1. The number of hydrazone groups is 1. The SMILES string of the molecule is CCOC(=O)C1NN=C2OC(N)=C(C#N)C3(C(=O)Nc4ccccc43)C21. The van der Waals surface area contributed by atoms with Crippen LogP contribution in [0.4, 0.5) is 5.69 Å². The number of amides is 1. The summed E-state index contributed by atoms with van der Waals surface area (Å²) >= 11 is 0. The number of nitriles is 1. The van der Waals surface area contributed by atoms with Gasteiger partial charge in [-0.3, -0.25) is 10.2 Å². The van der Waals surface area contributed by atoms with Crippen LogP contribution in [0.15, 0.2) is 40.8 Å². The molecule has 0 aliphatic carbocycles. The smallest absolute Gasteiger partial charge is 0.331 e. The molecule has 26 heavy (non-hydrogen) atoms. The highest BCUT2D eigenvalue weighted by molar-refractivity contribution is 6.14. The van der Waals surface area contributed by atoms with E-state index in [1.807, 2.05) is 6.07 Å². The number of rotatable bonds is 2. The lowest BCUT2D eigenvalue weighted by molar-refractivity contribution is -0.147. The predicted octanol–water partition coefficient (Wildman–Crippen LogP) is 0.0652. The van der Waals surface area contributed by atoms with Crippen molar-refractivity contribution in [2.75, 3.05) is 11.9 Å². The number of carbonyl (C=O) groups excluding carboxylic acids is 2. The maximum absolute atomic E-state index is 13.1. The molecule has 4 rings (SSSR count). The summed E-state index contributed by atoms with van der Waals surface area (Å²) in [5.41, 5.74) is 8.12. The Bertz CT molecular complexity index is 931. The summed E-state index contributed by atoms with van der Waals surface area (Å²) in [6, 6.07) is 7.97. The van der Waals surface area contributed by atoms with Crippen molar-refractivity contribution in [2.45, 2.75) is 18.4 Å². The highest BCUT2D eigenvalue weighted by atomic mass is 16.5. The van der Waals surface area contributed by atoms with Crippen LogP contribution in [0.25, 0.3) is 0 Å². The Morgan fingerprint density at radius 1 is 1.50 bits per heavy atom. The van der Waals surface area contributed by atoms with E-state index < -0.39 is 29.3 Å². The molecule has 9 heteroatoms. The number of nitrogens with two attached hydrogens (primary N) is 1. The average molecular weight is 353 g/mol. The second-order valence-corrected chi connectivity index (χ2v) is 6.05. The minimum atomic E-state index is -1.52. The van der Waals surface area contributed by atoms with Gasteiger partial charge in [0.1, 0.15) is 17.1 Å². The molecule has 1 aromatic rings. The first kappa shape index (κ1) is 16.0. The maximum Gasteiger partial charge on any atom is 0.331 e. The van der Waals surface area contributed by atoms with E-state index in [1.54, 1.807) is 31.2 Å². The molecule has 3 aliphatic rings. The molecule has 3 heterocycles. The number of nitrogens with one attached hydrogen (secondary N) is 2. The zero-order chi connectivity index (χ0) is 18.5. The summed E-state index contributed by atoms with van der Waals surface area (Å²) in [6.45, 7) is 1.84. The number of hydrogen-bond acceptors (Lipinski definition) is 8. The van der Waals surface area contributed by atoms with E-state index in [1.165, 1.54) is 0 Å². The summed E-state index contributed by atoms with van der Waals surface area (Å²) in [5, 5.41) is 16.6. The lowest BCUT2D eigenvalue weighted by Gasteiger charge is -2.38. The van der Waals surface area contributed by atoms with Gasteiger partial charge in [0.2, 0.25) is 17.7 Å². The van der Waals surface area contributed by atoms with Crippen LogP contribution in [0.1, 0.15) is 12.5 Å². The maximum atomic E-state index is 13.1. The fourth-order valence-corrected chi connectivity index (χ4v) is 3.86. The van der Waals surface area contributed by atoms with Crippen molar-refractivity contribution < 1.29 is 19.1 Å². The minimum Gasteiger partial charge on any atom is -0.464 e. The molecule has 0 bridgehead atoms. The lowest BCUT2D eigenvalue weighted by atomic mass is 9.63. The van der Waals surface area contributed by atoms with Crippen molar-refractivity contribution in [1.29, 1.82) is 5.26 Å². The molecule has 3 unspecified atom stereocenters.